The molecule has 0 spiro atoms. The van der Waals surface area contributed by atoms with Crippen LogP contribution in [0.2, 0.25) is 0 Å². The van der Waals surface area contributed by atoms with Crippen LogP contribution in [0.1, 0.15) is 18.9 Å². The van der Waals surface area contributed by atoms with E-state index in [4.69, 9.17) is 0 Å². The van der Waals surface area contributed by atoms with Gasteiger partial charge in [0.05, 0.1) is 17.5 Å². The van der Waals surface area contributed by atoms with Gasteiger partial charge >= 0.3 is 6.61 Å². The van der Waals surface area contributed by atoms with Gasteiger partial charge in [-0.25, -0.2) is 8.42 Å². The van der Waals surface area contributed by atoms with E-state index in [2.05, 4.69) is 4.74 Å². The Kier molecular flexibility index (Phi) is 6.57. The van der Waals surface area contributed by atoms with Gasteiger partial charge in [-0.05, 0) is 38.1 Å². The molecule has 1 aliphatic heterocycles. The van der Waals surface area contributed by atoms with Crippen molar-refractivity contribution in [2.45, 2.75) is 38.6 Å². The van der Waals surface area contributed by atoms with Crippen molar-refractivity contribution in [2.75, 3.05) is 25.6 Å². The molecule has 6 nitrogen and oxygen atoms in total. The van der Waals surface area contributed by atoms with Gasteiger partial charge in [-0.3, -0.25) is 9.69 Å². The van der Waals surface area contributed by atoms with Gasteiger partial charge in [0.15, 0.2) is 9.84 Å². The monoisotopic (exact) mass is 390 g/mol. The second-order valence-corrected chi connectivity index (χ2v) is 8.85. The number of halogens is 2. The second kappa shape index (κ2) is 8.30. The summed E-state index contributed by atoms with van der Waals surface area (Å²) < 4.78 is 51.8. The molecule has 2 atom stereocenters. The Balaban J connectivity index is 1.93. The van der Waals surface area contributed by atoms with Gasteiger partial charge in [0.1, 0.15) is 5.75 Å². The zero-order chi connectivity index (χ0) is 19.5. The molecule has 0 saturated carbocycles. The summed E-state index contributed by atoms with van der Waals surface area (Å²) in [5, 5.41) is 0. The normalized spacial score (nSPS) is 20.3. The molecular weight excluding hydrogens is 366 g/mol. The van der Waals surface area contributed by atoms with Crippen LogP contribution < -0.4 is 4.74 Å². The SMILES string of the molecule is C[C@H](C(=O)N(C)[C@@H]1CCS(=O)(=O)C1)N(C)Cc1ccc(OC(F)F)cc1. The van der Waals surface area contributed by atoms with E-state index in [9.17, 15) is 22.0 Å². The van der Waals surface area contributed by atoms with Crippen LogP contribution in [0.4, 0.5) is 8.78 Å². The molecule has 146 valence electrons. The highest BCUT2D eigenvalue weighted by molar-refractivity contribution is 7.91. The molecule has 0 bridgehead atoms. The topological polar surface area (TPSA) is 66.9 Å². The van der Waals surface area contributed by atoms with Crippen molar-refractivity contribution in [3.8, 4) is 5.75 Å². The Morgan fingerprint density at radius 2 is 1.88 bits per heavy atom. The Hall–Kier alpha value is -1.74. The molecule has 1 aliphatic rings. The smallest absolute Gasteiger partial charge is 0.387 e. The largest absolute Gasteiger partial charge is 0.435 e. The highest BCUT2D eigenvalue weighted by atomic mass is 32.2. The van der Waals surface area contributed by atoms with E-state index < -0.39 is 22.5 Å². The van der Waals surface area contributed by atoms with Crippen molar-refractivity contribution in [1.82, 2.24) is 9.80 Å². The van der Waals surface area contributed by atoms with E-state index in [0.717, 1.165) is 5.56 Å². The lowest BCUT2D eigenvalue weighted by Gasteiger charge is -2.31. The summed E-state index contributed by atoms with van der Waals surface area (Å²) >= 11 is 0. The van der Waals surface area contributed by atoms with Crippen molar-refractivity contribution in [3.63, 3.8) is 0 Å². The van der Waals surface area contributed by atoms with E-state index in [1.54, 1.807) is 33.2 Å². The van der Waals surface area contributed by atoms with Crippen molar-refractivity contribution in [2.24, 2.45) is 0 Å². The molecule has 26 heavy (non-hydrogen) atoms. The van der Waals surface area contributed by atoms with Gasteiger partial charge in [-0.2, -0.15) is 8.78 Å². The number of alkyl halides is 2. The Morgan fingerprint density at radius 1 is 1.27 bits per heavy atom. The summed E-state index contributed by atoms with van der Waals surface area (Å²) in [5.74, 6) is 0.0639. The van der Waals surface area contributed by atoms with Gasteiger partial charge in [0, 0.05) is 19.6 Å². The van der Waals surface area contributed by atoms with Gasteiger partial charge in [0.25, 0.3) is 0 Å². The zero-order valence-corrected chi connectivity index (χ0v) is 15.9. The van der Waals surface area contributed by atoms with E-state index in [1.165, 1.54) is 17.0 Å². The molecule has 1 aromatic carbocycles. The lowest BCUT2D eigenvalue weighted by Crippen LogP contribution is -2.48. The lowest BCUT2D eigenvalue weighted by molar-refractivity contribution is -0.136. The first-order chi connectivity index (χ1) is 12.1. The first-order valence-electron chi connectivity index (χ1n) is 8.30. The third-order valence-corrected chi connectivity index (χ3v) is 6.45. The maximum atomic E-state index is 12.6. The predicted molar refractivity (Wildman–Crippen MR) is 93.8 cm³/mol. The van der Waals surface area contributed by atoms with Gasteiger partial charge in [-0.15, -0.1) is 0 Å². The quantitative estimate of drug-likeness (QED) is 0.710. The van der Waals surface area contributed by atoms with E-state index in [1.807, 2.05) is 4.90 Å². The number of likely N-dealkylation sites (N-methyl/N-ethyl adjacent to an activating group) is 2. The molecule has 0 unspecified atom stereocenters. The first kappa shape index (κ1) is 20.6. The van der Waals surface area contributed by atoms with Crippen LogP contribution in [0.5, 0.6) is 5.75 Å². The summed E-state index contributed by atoms with van der Waals surface area (Å²) in [6.07, 6.45) is 0.465. The molecule has 0 radical (unpaired) electrons. The van der Waals surface area contributed by atoms with Gasteiger partial charge in [-0.1, -0.05) is 12.1 Å². The maximum absolute atomic E-state index is 12.6. The molecule has 0 aromatic heterocycles. The van der Waals surface area contributed by atoms with Crippen LogP contribution in [0.25, 0.3) is 0 Å². The van der Waals surface area contributed by atoms with Crippen LogP contribution in [-0.4, -0.2) is 68.4 Å². The second-order valence-electron chi connectivity index (χ2n) is 6.62. The fourth-order valence-electron chi connectivity index (χ4n) is 2.95. The molecule has 9 heteroatoms. The minimum absolute atomic E-state index is 0.0112. The molecule has 0 aliphatic carbocycles. The third kappa shape index (κ3) is 5.38. The number of amides is 1. The van der Waals surface area contributed by atoms with E-state index in [0.29, 0.717) is 13.0 Å². The van der Waals surface area contributed by atoms with Crippen molar-refractivity contribution < 1.29 is 26.7 Å². The molecule has 1 amide bonds. The average Bonchev–Trinajstić information content (AvgIpc) is 2.94. The number of hydrogen-bond donors (Lipinski definition) is 0. The highest BCUT2D eigenvalue weighted by Gasteiger charge is 2.34. The van der Waals surface area contributed by atoms with Crippen LogP contribution in [0.15, 0.2) is 24.3 Å². The summed E-state index contributed by atoms with van der Waals surface area (Å²) in [6.45, 7) is -0.661. The Morgan fingerprint density at radius 3 is 2.38 bits per heavy atom. The van der Waals surface area contributed by atoms with Gasteiger partial charge < -0.3 is 9.64 Å². The minimum Gasteiger partial charge on any atom is -0.435 e. The molecular formula is C17H24F2N2O4S. The number of ether oxygens (including phenoxy) is 1. The van der Waals surface area contributed by atoms with Crippen molar-refractivity contribution in [3.05, 3.63) is 29.8 Å². The van der Waals surface area contributed by atoms with Crippen molar-refractivity contribution in [1.29, 1.82) is 0 Å². The molecule has 1 fully saturated rings. The number of benzene rings is 1. The minimum atomic E-state index is -3.05. The van der Waals surface area contributed by atoms with Gasteiger partial charge in [0.2, 0.25) is 5.91 Å². The van der Waals surface area contributed by atoms with Crippen LogP contribution in [0, 0.1) is 0 Å². The Labute approximate surface area is 152 Å². The van der Waals surface area contributed by atoms with Crippen molar-refractivity contribution >= 4 is 15.7 Å². The number of nitrogens with zero attached hydrogens (tertiary/aromatic N) is 2. The van der Waals surface area contributed by atoms with Crippen LogP contribution in [0.3, 0.4) is 0 Å². The fourth-order valence-corrected chi connectivity index (χ4v) is 4.72. The number of sulfone groups is 1. The lowest BCUT2D eigenvalue weighted by atomic mass is 10.1. The van der Waals surface area contributed by atoms with E-state index >= 15 is 0 Å². The maximum Gasteiger partial charge on any atom is 0.387 e. The predicted octanol–water partition coefficient (Wildman–Crippen LogP) is 1.75. The summed E-state index contributed by atoms with van der Waals surface area (Å²) in [7, 11) is 0.363. The van der Waals surface area contributed by atoms with Crippen LogP contribution in [-0.2, 0) is 21.2 Å². The third-order valence-electron chi connectivity index (χ3n) is 4.70. The van der Waals surface area contributed by atoms with Crippen LogP contribution >= 0.6 is 0 Å². The summed E-state index contributed by atoms with van der Waals surface area (Å²) in [5.41, 5.74) is 0.847. The summed E-state index contributed by atoms with van der Waals surface area (Å²) in [6, 6.07) is 5.51. The molecule has 0 N–H and O–H groups in total. The van der Waals surface area contributed by atoms with E-state index in [-0.39, 0.29) is 29.2 Å². The molecule has 1 heterocycles. The first-order valence-corrected chi connectivity index (χ1v) is 10.1. The number of carbonyl (C=O) groups excluding carboxylic acids is 1. The molecule has 1 saturated heterocycles. The molecule has 1 aromatic rings. The number of carbonyl (C=O) groups is 1. The summed E-state index contributed by atoms with van der Waals surface area (Å²) in [4.78, 5) is 16.0. The zero-order valence-electron chi connectivity index (χ0n) is 15.1. The fraction of sp³-hybridized carbons (Fsp3) is 0.588. The number of rotatable bonds is 7. The average molecular weight is 390 g/mol. The Bertz CT molecular complexity index is 725. The highest BCUT2D eigenvalue weighted by Crippen LogP contribution is 2.19. The number of hydrogen-bond acceptors (Lipinski definition) is 5. The molecule has 2 rings (SSSR count). The standard InChI is InChI=1S/C17H24F2N2O4S/c1-12(16(22)21(3)14-8-9-26(23,24)11-14)20(2)10-13-4-6-15(7-5-13)25-17(18)19/h4-7,12,14,17H,8-11H2,1-3H3/t12-,14-/m1/s1.